The van der Waals surface area contributed by atoms with Crippen LogP contribution in [0.25, 0.3) is 0 Å². The Morgan fingerprint density at radius 3 is 2.22 bits per heavy atom. The average molecular weight is 392 g/mol. The van der Waals surface area contributed by atoms with Crippen molar-refractivity contribution >= 4 is 27.3 Å². The summed E-state index contributed by atoms with van der Waals surface area (Å²) in [4.78, 5) is 25.0. The summed E-state index contributed by atoms with van der Waals surface area (Å²) < 4.78 is 36.3. The van der Waals surface area contributed by atoms with Gasteiger partial charge in [0.05, 0.1) is 4.90 Å². The molecule has 0 saturated carbocycles. The molecule has 2 amide bonds. The largest absolute Gasteiger partial charge is 0.340 e. The molecule has 0 aliphatic rings. The van der Waals surface area contributed by atoms with Gasteiger partial charge in [0.25, 0.3) is 5.91 Å². The zero-order valence-electron chi connectivity index (χ0n) is 15.2. The normalized spacial score (nSPS) is 12.5. The number of benzene rings is 2. The van der Waals surface area contributed by atoms with Crippen LogP contribution in [0, 0.1) is 11.7 Å². The number of anilines is 1. The first kappa shape index (κ1) is 20.6. The Morgan fingerprint density at radius 1 is 1.04 bits per heavy atom. The van der Waals surface area contributed by atoms with Crippen LogP contribution in [0.15, 0.2) is 53.4 Å². The zero-order chi connectivity index (χ0) is 20.2. The Kier molecular flexibility index (Phi) is 6.32. The van der Waals surface area contributed by atoms with Gasteiger partial charge in [-0.15, -0.1) is 0 Å². The molecule has 0 aliphatic carbocycles. The van der Waals surface area contributed by atoms with Crippen LogP contribution in [-0.4, -0.2) is 32.5 Å². The van der Waals surface area contributed by atoms with Crippen molar-refractivity contribution in [2.75, 3.05) is 11.6 Å². The first-order valence-corrected chi connectivity index (χ1v) is 10.1. The third-order valence-corrected chi connectivity index (χ3v) is 4.98. The van der Waals surface area contributed by atoms with Crippen molar-refractivity contribution < 1.29 is 22.4 Å². The van der Waals surface area contributed by atoms with Crippen molar-refractivity contribution in [3.05, 3.63) is 59.9 Å². The molecule has 144 valence electrons. The van der Waals surface area contributed by atoms with E-state index in [0.29, 0.717) is 5.69 Å². The van der Waals surface area contributed by atoms with Crippen LogP contribution in [0.1, 0.15) is 24.2 Å². The maximum atomic E-state index is 13.0. The summed E-state index contributed by atoms with van der Waals surface area (Å²) in [5, 5.41) is 5.25. The van der Waals surface area contributed by atoms with E-state index in [4.69, 9.17) is 0 Å². The summed E-state index contributed by atoms with van der Waals surface area (Å²) in [7, 11) is -3.41. The van der Waals surface area contributed by atoms with E-state index in [1.165, 1.54) is 30.3 Å². The van der Waals surface area contributed by atoms with E-state index in [1.54, 1.807) is 19.9 Å². The molecular weight excluding hydrogens is 371 g/mol. The second-order valence-electron chi connectivity index (χ2n) is 6.49. The Balaban J connectivity index is 2.15. The third-order valence-electron chi connectivity index (χ3n) is 3.87. The van der Waals surface area contributed by atoms with Crippen LogP contribution in [-0.2, 0) is 14.6 Å². The minimum absolute atomic E-state index is 0.0803. The number of carbonyl (C=O) groups is 2. The summed E-state index contributed by atoms with van der Waals surface area (Å²) in [5.41, 5.74) is 0.540. The Hall–Kier alpha value is -2.74. The first-order chi connectivity index (χ1) is 12.6. The van der Waals surface area contributed by atoms with Crippen LogP contribution in [0.4, 0.5) is 10.1 Å². The van der Waals surface area contributed by atoms with Crippen molar-refractivity contribution in [2.24, 2.45) is 5.92 Å². The molecule has 2 N–H and O–H groups in total. The van der Waals surface area contributed by atoms with Gasteiger partial charge < -0.3 is 10.6 Å². The van der Waals surface area contributed by atoms with Gasteiger partial charge in [-0.2, -0.15) is 0 Å². The summed E-state index contributed by atoms with van der Waals surface area (Å²) in [6.45, 7) is 3.53. The lowest BCUT2D eigenvalue weighted by Gasteiger charge is -2.22. The van der Waals surface area contributed by atoms with E-state index in [0.717, 1.165) is 18.4 Å². The molecule has 0 aliphatic heterocycles. The van der Waals surface area contributed by atoms with Gasteiger partial charge >= 0.3 is 0 Å². The minimum atomic E-state index is -3.41. The molecule has 0 saturated heterocycles. The number of sulfone groups is 1. The highest BCUT2D eigenvalue weighted by Crippen LogP contribution is 2.16. The van der Waals surface area contributed by atoms with E-state index < -0.39 is 33.5 Å². The smallest absolute Gasteiger partial charge is 0.251 e. The molecule has 2 rings (SSSR count). The van der Waals surface area contributed by atoms with Gasteiger partial charge in [-0.3, -0.25) is 9.59 Å². The Bertz CT molecular complexity index is 940. The monoisotopic (exact) mass is 392 g/mol. The number of hydrogen-bond acceptors (Lipinski definition) is 4. The van der Waals surface area contributed by atoms with Crippen molar-refractivity contribution in [2.45, 2.75) is 24.8 Å². The average Bonchev–Trinajstić information content (AvgIpc) is 2.59. The van der Waals surface area contributed by atoms with Gasteiger partial charge in [-0.05, 0) is 48.4 Å². The van der Waals surface area contributed by atoms with Crippen LogP contribution in [0.3, 0.4) is 0 Å². The molecule has 0 radical (unpaired) electrons. The van der Waals surface area contributed by atoms with Gasteiger partial charge in [0.2, 0.25) is 5.91 Å². The topological polar surface area (TPSA) is 92.3 Å². The number of carbonyl (C=O) groups excluding carboxylic acids is 2. The van der Waals surface area contributed by atoms with E-state index >= 15 is 0 Å². The van der Waals surface area contributed by atoms with Gasteiger partial charge in [-0.1, -0.05) is 19.9 Å². The van der Waals surface area contributed by atoms with Crippen LogP contribution < -0.4 is 10.6 Å². The standard InChI is InChI=1S/C19H21FN2O4S/c1-12(2)17(22-18(23)13-7-9-14(20)10-8-13)19(24)21-15-5-4-6-16(11-15)27(3,25)26/h4-12,17H,1-3H3,(H,21,24)(H,22,23)/t17-/m0/s1. The van der Waals surface area contributed by atoms with Crippen molar-refractivity contribution in [1.29, 1.82) is 0 Å². The molecule has 0 aromatic heterocycles. The lowest BCUT2D eigenvalue weighted by molar-refractivity contribution is -0.118. The molecular formula is C19H21FN2O4S. The predicted octanol–water partition coefficient (Wildman–Crippen LogP) is 2.62. The fourth-order valence-electron chi connectivity index (χ4n) is 2.39. The molecule has 8 heteroatoms. The Morgan fingerprint density at radius 2 is 1.67 bits per heavy atom. The lowest BCUT2D eigenvalue weighted by atomic mass is 10.0. The number of amides is 2. The molecule has 27 heavy (non-hydrogen) atoms. The fraction of sp³-hybridized carbons (Fsp3) is 0.263. The molecule has 2 aromatic rings. The van der Waals surface area contributed by atoms with E-state index in [1.807, 2.05) is 0 Å². The second kappa shape index (κ2) is 8.30. The molecule has 0 heterocycles. The van der Waals surface area contributed by atoms with E-state index in [-0.39, 0.29) is 16.4 Å². The quantitative estimate of drug-likeness (QED) is 0.790. The van der Waals surface area contributed by atoms with E-state index in [2.05, 4.69) is 10.6 Å². The molecule has 0 fully saturated rings. The maximum Gasteiger partial charge on any atom is 0.251 e. The number of halogens is 1. The number of nitrogens with one attached hydrogen (secondary N) is 2. The Labute approximate surface area is 157 Å². The van der Waals surface area contributed by atoms with Crippen LogP contribution in [0.2, 0.25) is 0 Å². The van der Waals surface area contributed by atoms with Crippen molar-refractivity contribution in [3.8, 4) is 0 Å². The number of hydrogen-bond donors (Lipinski definition) is 2. The lowest BCUT2D eigenvalue weighted by Crippen LogP contribution is -2.47. The molecule has 1 atom stereocenters. The van der Waals surface area contributed by atoms with Crippen molar-refractivity contribution in [1.82, 2.24) is 5.32 Å². The van der Waals surface area contributed by atoms with Gasteiger partial charge in [0.1, 0.15) is 11.9 Å². The highest BCUT2D eigenvalue weighted by molar-refractivity contribution is 7.90. The van der Waals surface area contributed by atoms with Gasteiger partial charge in [-0.25, -0.2) is 12.8 Å². The molecule has 6 nitrogen and oxygen atoms in total. The van der Waals surface area contributed by atoms with Crippen LogP contribution >= 0.6 is 0 Å². The molecule has 2 aromatic carbocycles. The highest BCUT2D eigenvalue weighted by atomic mass is 32.2. The van der Waals surface area contributed by atoms with Gasteiger partial charge in [0, 0.05) is 17.5 Å². The third kappa shape index (κ3) is 5.62. The van der Waals surface area contributed by atoms with Crippen molar-refractivity contribution in [3.63, 3.8) is 0 Å². The molecule has 0 bridgehead atoms. The molecule has 0 spiro atoms. The minimum Gasteiger partial charge on any atom is -0.340 e. The SMILES string of the molecule is CC(C)[C@H](NC(=O)c1ccc(F)cc1)C(=O)Nc1cccc(S(C)(=O)=O)c1. The fourth-order valence-corrected chi connectivity index (χ4v) is 3.05. The first-order valence-electron chi connectivity index (χ1n) is 8.25. The summed E-state index contributed by atoms with van der Waals surface area (Å²) in [5.74, 6) is -1.68. The zero-order valence-corrected chi connectivity index (χ0v) is 16.0. The summed E-state index contributed by atoms with van der Waals surface area (Å²) in [6, 6.07) is 9.99. The van der Waals surface area contributed by atoms with Gasteiger partial charge in [0.15, 0.2) is 9.84 Å². The maximum absolute atomic E-state index is 13.0. The number of rotatable bonds is 6. The summed E-state index contributed by atoms with van der Waals surface area (Å²) >= 11 is 0. The summed E-state index contributed by atoms with van der Waals surface area (Å²) in [6.07, 6.45) is 1.08. The highest BCUT2D eigenvalue weighted by Gasteiger charge is 2.25. The predicted molar refractivity (Wildman–Crippen MR) is 101 cm³/mol. The van der Waals surface area contributed by atoms with E-state index in [9.17, 15) is 22.4 Å². The second-order valence-corrected chi connectivity index (χ2v) is 8.51. The molecule has 0 unspecified atom stereocenters. The van der Waals surface area contributed by atoms with Crippen LogP contribution in [0.5, 0.6) is 0 Å².